The Morgan fingerprint density at radius 1 is 1.00 bits per heavy atom. The molecule has 0 fully saturated rings. The number of hydrogen-bond donors (Lipinski definition) is 1. The van der Waals surface area contributed by atoms with E-state index in [0.29, 0.717) is 12.1 Å². The molecule has 0 aliphatic carbocycles. The first-order valence-electron chi connectivity index (χ1n) is 10.2. The number of amides is 1. The number of rotatable bonds is 8. The van der Waals surface area contributed by atoms with E-state index in [4.69, 9.17) is 4.74 Å². The number of methoxy groups -OCH3 is 1. The highest BCUT2D eigenvalue weighted by molar-refractivity contribution is 5.95. The summed E-state index contributed by atoms with van der Waals surface area (Å²) in [6.45, 7) is 0.452. The second-order valence-electron chi connectivity index (χ2n) is 7.83. The molecule has 0 saturated carbocycles. The van der Waals surface area contributed by atoms with E-state index in [0.717, 1.165) is 28.1 Å². The van der Waals surface area contributed by atoms with Gasteiger partial charge >= 0.3 is 0 Å². The monoisotopic (exact) mass is 418 g/mol. The van der Waals surface area contributed by atoms with Gasteiger partial charge in [0.1, 0.15) is 5.75 Å². The van der Waals surface area contributed by atoms with Crippen molar-refractivity contribution in [3.05, 3.63) is 78.1 Å². The van der Waals surface area contributed by atoms with Gasteiger partial charge in [0.2, 0.25) is 0 Å². The van der Waals surface area contributed by atoms with E-state index >= 15 is 0 Å². The number of carbonyl (C=O) groups excluding carboxylic acids is 1. The minimum Gasteiger partial charge on any atom is -0.496 e. The lowest BCUT2D eigenvalue weighted by Crippen LogP contribution is -2.34. The van der Waals surface area contributed by atoms with Gasteiger partial charge in [-0.05, 0) is 43.9 Å². The van der Waals surface area contributed by atoms with Crippen LogP contribution < -0.4 is 15.0 Å². The smallest absolute Gasteiger partial charge is 0.252 e. The Morgan fingerprint density at radius 3 is 2.35 bits per heavy atom. The number of likely N-dealkylation sites (N-methyl/N-ethyl adjacent to an activating group) is 1. The van der Waals surface area contributed by atoms with Gasteiger partial charge in [0.15, 0.2) is 0 Å². The Labute approximate surface area is 184 Å². The summed E-state index contributed by atoms with van der Waals surface area (Å²) >= 11 is 0. The molecule has 0 aliphatic rings. The van der Waals surface area contributed by atoms with Gasteiger partial charge in [-0.25, -0.2) is 0 Å². The minimum absolute atomic E-state index is 0.0187. The summed E-state index contributed by atoms with van der Waals surface area (Å²) < 4.78 is 5.50. The molecule has 0 bridgehead atoms. The zero-order valence-corrected chi connectivity index (χ0v) is 18.8. The second kappa shape index (κ2) is 10.1. The molecule has 1 aromatic heterocycles. The maximum atomic E-state index is 12.9. The van der Waals surface area contributed by atoms with Crippen molar-refractivity contribution in [2.24, 2.45) is 0 Å². The van der Waals surface area contributed by atoms with E-state index in [1.807, 2.05) is 70.7 Å². The van der Waals surface area contributed by atoms with Crippen LogP contribution in [0, 0.1) is 0 Å². The molecule has 1 atom stereocenters. The third-order valence-electron chi connectivity index (χ3n) is 5.29. The van der Waals surface area contributed by atoms with E-state index in [-0.39, 0.29) is 11.9 Å². The molecule has 0 saturated heterocycles. The molecule has 6 heteroatoms. The Bertz CT molecular complexity index is 1020. The lowest BCUT2D eigenvalue weighted by Gasteiger charge is -2.26. The first-order valence-corrected chi connectivity index (χ1v) is 10.2. The van der Waals surface area contributed by atoms with Crippen molar-refractivity contribution in [2.75, 3.05) is 46.7 Å². The largest absolute Gasteiger partial charge is 0.496 e. The SMILES string of the molecule is COc1ccccc1[C@@H](CNC(=O)c1cncc(-c2ccc(N(C)C)cc2)c1)N(C)C. The summed E-state index contributed by atoms with van der Waals surface area (Å²) in [4.78, 5) is 21.3. The standard InChI is InChI=1S/C25H30N4O2/c1-28(2)21-12-10-18(11-13-21)19-14-20(16-26-15-19)25(30)27-17-23(29(3)4)22-8-6-7-9-24(22)31-5/h6-16,23H,17H2,1-5H3,(H,27,30)/t23-/m1/s1. The molecular formula is C25H30N4O2. The van der Waals surface area contributed by atoms with Crippen LogP contribution in [-0.4, -0.2) is 57.6 Å². The molecule has 1 heterocycles. The molecule has 0 aliphatic heterocycles. The van der Waals surface area contributed by atoms with Crippen molar-refractivity contribution in [3.63, 3.8) is 0 Å². The average Bonchev–Trinajstić information content (AvgIpc) is 2.79. The molecule has 1 amide bonds. The van der Waals surface area contributed by atoms with Crippen LogP contribution in [0.5, 0.6) is 5.75 Å². The second-order valence-corrected chi connectivity index (χ2v) is 7.83. The number of carbonyl (C=O) groups is 1. The van der Waals surface area contributed by atoms with Crippen molar-refractivity contribution in [3.8, 4) is 16.9 Å². The number of nitrogens with one attached hydrogen (secondary N) is 1. The van der Waals surface area contributed by atoms with Gasteiger partial charge in [0, 0.05) is 49.8 Å². The summed E-state index contributed by atoms with van der Waals surface area (Å²) in [5.74, 6) is 0.654. The highest BCUT2D eigenvalue weighted by Crippen LogP contribution is 2.27. The number of hydrogen-bond acceptors (Lipinski definition) is 5. The Kier molecular flexibility index (Phi) is 7.26. The van der Waals surface area contributed by atoms with Crippen LogP contribution in [0.2, 0.25) is 0 Å². The summed E-state index contributed by atoms with van der Waals surface area (Å²) in [5.41, 5.74) is 4.62. The van der Waals surface area contributed by atoms with Crippen molar-refractivity contribution in [1.29, 1.82) is 0 Å². The fourth-order valence-electron chi connectivity index (χ4n) is 3.48. The van der Waals surface area contributed by atoms with E-state index in [1.165, 1.54) is 0 Å². The zero-order valence-electron chi connectivity index (χ0n) is 18.8. The van der Waals surface area contributed by atoms with Crippen LogP contribution in [0.3, 0.4) is 0 Å². The number of aromatic nitrogens is 1. The van der Waals surface area contributed by atoms with Crippen molar-refractivity contribution < 1.29 is 9.53 Å². The fraction of sp³-hybridized carbons (Fsp3) is 0.280. The van der Waals surface area contributed by atoms with Gasteiger partial charge < -0.3 is 19.9 Å². The minimum atomic E-state index is -0.152. The molecule has 0 unspecified atom stereocenters. The molecular weight excluding hydrogens is 388 g/mol. The third kappa shape index (κ3) is 5.41. The summed E-state index contributed by atoms with van der Waals surface area (Å²) in [6, 6.07) is 17.9. The Balaban J connectivity index is 1.75. The fourth-order valence-corrected chi connectivity index (χ4v) is 3.48. The van der Waals surface area contributed by atoms with E-state index in [9.17, 15) is 4.79 Å². The lowest BCUT2D eigenvalue weighted by molar-refractivity contribution is 0.0941. The van der Waals surface area contributed by atoms with Crippen molar-refractivity contribution >= 4 is 11.6 Å². The highest BCUT2D eigenvalue weighted by Gasteiger charge is 2.19. The quantitative estimate of drug-likeness (QED) is 0.602. The number of ether oxygens (including phenoxy) is 1. The maximum Gasteiger partial charge on any atom is 0.252 e. The van der Waals surface area contributed by atoms with Gasteiger partial charge in [-0.2, -0.15) is 0 Å². The molecule has 0 spiro atoms. The maximum absolute atomic E-state index is 12.9. The molecule has 162 valence electrons. The average molecular weight is 419 g/mol. The number of benzene rings is 2. The molecule has 31 heavy (non-hydrogen) atoms. The third-order valence-corrected chi connectivity index (χ3v) is 5.29. The van der Waals surface area contributed by atoms with Crippen LogP contribution in [0.1, 0.15) is 22.0 Å². The van der Waals surface area contributed by atoms with Crippen molar-refractivity contribution in [1.82, 2.24) is 15.2 Å². The summed E-state index contributed by atoms with van der Waals surface area (Å²) in [6.07, 6.45) is 3.37. The van der Waals surface area contributed by atoms with Gasteiger partial charge in [-0.3, -0.25) is 9.78 Å². The van der Waals surface area contributed by atoms with Crippen molar-refractivity contribution in [2.45, 2.75) is 6.04 Å². The van der Waals surface area contributed by atoms with E-state index < -0.39 is 0 Å². The first-order chi connectivity index (χ1) is 14.9. The van der Waals surface area contributed by atoms with Crippen LogP contribution >= 0.6 is 0 Å². The number of anilines is 1. The van der Waals surface area contributed by atoms with Gasteiger partial charge in [0.25, 0.3) is 5.91 Å². The molecule has 6 nitrogen and oxygen atoms in total. The number of pyridine rings is 1. The Hall–Kier alpha value is -3.38. The number of nitrogens with zero attached hydrogens (tertiary/aromatic N) is 3. The molecule has 3 rings (SSSR count). The predicted octanol–water partition coefficient (Wildman–Crippen LogP) is 3.86. The van der Waals surface area contributed by atoms with Crippen LogP contribution in [0.25, 0.3) is 11.1 Å². The topological polar surface area (TPSA) is 57.7 Å². The van der Waals surface area contributed by atoms with E-state index in [2.05, 4.69) is 32.2 Å². The van der Waals surface area contributed by atoms with Gasteiger partial charge in [-0.1, -0.05) is 30.3 Å². The normalized spacial score (nSPS) is 11.8. The van der Waals surface area contributed by atoms with Gasteiger partial charge in [0.05, 0.1) is 18.7 Å². The molecule has 1 N–H and O–H groups in total. The lowest BCUT2D eigenvalue weighted by atomic mass is 10.0. The van der Waals surface area contributed by atoms with Gasteiger partial charge in [-0.15, -0.1) is 0 Å². The zero-order chi connectivity index (χ0) is 22.4. The van der Waals surface area contributed by atoms with Crippen LogP contribution in [0.4, 0.5) is 5.69 Å². The Morgan fingerprint density at radius 2 is 1.71 bits per heavy atom. The summed E-state index contributed by atoms with van der Waals surface area (Å²) in [5, 5.41) is 3.05. The highest BCUT2D eigenvalue weighted by atomic mass is 16.5. The summed E-state index contributed by atoms with van der Waals surface area (Å²) in [7, 11) is 9.65. The first kappa shape index (κ1) is 22.3. The predicted molar refractivity (Wildman–Crippen MR) is 126 cm³/mol. The molecule has 0 radical (unpaired) electrons. The van der Waals surface area contributed by atoms with Crippen LogP contribution in [0.15, 0.2) is 67.0 Å². The van der Waals surface area contributed by atoms with E-state index in [1.54, 1.807) is 19.5 Å². The number of para-hydroxylation sites is 1. The molecule has 2 aromatic carbocycles. The molecule has 3 aromatic rings. The van der Waals surface area contributed by atoms with Crippen LogP contribution in [-0.2, 0) is 0 Å².